The maximum atomic E-state index is 5.81. The Hall–Kier alpha value is -1.07. The van der Waals surface area contributed by atoms with Crippen molar-refractivity contribution in [2.45, 2.75) is 31.9 Å². The van der Waals surface area contributed by atoms with Crippen LogP contribution in [0.4, 0.5) is 5.82 Å². The number of hydrogen-bond donors (Lipinski definition) is 1. The summed E-state index contributed by atoms with van der Waals surface area (Å²) in [6.45, 7) is 8.15. The van der Waals surface area contributed by atoms with Crippen LogP contribution < -0.4 is 10.2 Å². The van der Waals surface area contributed by atoms with Crippen molar-refractivity contribution in [3.63, 3.8) is 0 Å². The lowest BCUT2D eigenvalue weighted by molar-refractivity contribution is 0.0212. The van der Waals surface area contributed by atoms with E-state index in [1.807, 2.05) is 11.7 Å². The highest BCUT2D eigenvalue weighted by Gasteiger charge is 2.36. The fourth-order valence-electron chi connectivity index (χ4n) is 2.84. The molecule has 1 aromatic rings. The third-order valence-electron chi connectivity index (χ3n) is 3.90. The first-order valence-corrected chi connectivity index (χ1v) is 6.79. The summed E-state index contributed by atoms with van der Waals surface area (Å²) in [5.41, 5.74) is 1.16. The minimum Gasteiger partial charge on any atom is -0.373 e. The van der Waals surface area contributed by atoms with Crippen LogP contribution in [0.25, 0.3) is 0 Å². The van der Waals surface area contributed by atoms with E-state index in [9.17, 15) is 0 Å². The molecule has 0 amide bonds. The molecule has 0 spiro atoms. The molecule has 0 radical (unpaired) electrons. The first-order valence-electron chi connectivity index (χ1n) is 6.79. The average Bonchev–Trinajstić information content (AvgIpc) is 2.91. The second kappa shape index (κ2) is 4.55. The maximum Gasteiger partial charge on any atom is 0.126 e. The standard InChI is InChI=1S/C13H22N4O/c1-9(2)10-6-13(16(3)15-10)17-7-11-12(8-17)18-5-4-14-11/h6,9,11-12,14H,4-5,7-8H2,1-3H3. The van der Waals surface area contributed by atoms with Gasteiger partial charge in [0.25, 0.3) is 0 Å². The van der Waals surface area contributed by atoms with E-state index in [-0.39, 0.29) is 0 Å². The Bertz CT molecular complexity index is 415. The number of morpholine rings is 1. The van der Waals surface area contributed by atoms with Crippen molar-refractivity contribution in [3.05, 3.63) is 11.8 Å². The SMILES string of the molecule is CC(C)c1cc(N2CC3NCCOC3C2)n(C)n1. The molecule has 1 aromatic heterocycles. The summed E-state index contributed by atoms with van der Waals surface area (Å²) in [4.78, 5) is 2.38. The number of nitrogens with one attached hydrogen (secondary N) is 1. The molecule has 1 N–H and O–H groups in total. The van der Waals surface area contributed by atoms with Crippen molar-refractivity contribution in [2.75, 3.05) is 31.1 Å². The lowest BCUT2D eigenvalue weighted by atomic mass is 10.1. The number of anilines is 1. The number of rotatable bonds is 2. The zero-order valence-corrected chi connectivity index (χ0v) is 11.4. The molecule has 2 saturated heterocycles. The van der Waals surface area contributed by atoms with E-state index >= 15 is 0 Å². The minimum absolute atomic E-state index is 0.330. The Labute approximate surface area is 108 Å². The molecule has 2 unspecified atom stereocenters. The Kier molecular flexibility index (Phi) is 3.03. The van der Waals surface area contributed by atoms with E-state index < -0.39 is 0 Å². The number of aromatic nitrogens is 2. The monoisotopic (exact) mass is 250 g/mol. The van der Waals surface area contributed by atoms with Gasteiger partial charge in [-0.05, 0) is 5.92 Å². The van der Waals surface area contributed by atoms with Crippen molar-refractivity contribution in [1.29, 1.82) is 0 Å². The van der Waals surface area contributed by atoms with Crippen molar-refractivity contribution in [3.8, 4) is 0 Å². The lowest BCUT2D eigenvalue weighted by Gasteiger charge is -2.25. The molecule has 0 saturated carbocycles. The van der Waals surface area contributed by atoms with E-state index in [1.165, 1.54) is 5.82 Å². The van der Waals surface area contributed by atoms with Gasteiger partial charge < -0.3 is 15.0 Å². The highest BCUT2D eigenvalue weighted by molar-refractivity contribution is 5.44. The van der Waals surface area contributed by atoms with Crippen LogP contribution in [-0.2, 0) is 11.8 Å². The highest BCUT2D eigenvalue weighted by atomic mass is 16.5. The Morgan fingerprint density at radius 3 is 2.94 bits per heavy atom. The van der Waals surface area contributed by atoms with Crippen molar-refractivity contribution < 1.29 is 4.74 Å². The van der Waals surface area contributed by atoms with Crippen LogP contribution in [0.5, 0.6) is 0 Å². The number of hydrogen-bond acceptors (Lipinski definition) is 4. The molecule has 100 valence electrons. The van der Waals surface area contributed by atoms with Gasteiger partial charge in [-0.3, -0.25) is 4.68 Å². The van der Waals surface area contributed by atoms with Crippen LogP contribution in [0.15, 0.2) is 6.07 Å². The summed E-state index contributed by atoms with van der Waals surface area (Å²) in [5.74, 6) is 1.68. The van der Waals surface area contributed by atoms with Gasteiger partial charge in [-0.1, -0.05) is 13.8 Å². The molecular weight excluding hydrogens is 228 g/mol. The fraction of sp³-hybridized carbons (Fsp3) is 0.769. The molecule has 5 heteroatoms. The smallest absolute Gasteiger partial charge is 0.126 e. The maximum absolute atomic E-state index is 5.81. The van der Waals surface area contributed by atoms with Crippen LogP contribution in [0, 0.1) is 0 Å². The quantitative estimate of drug-likeness (QED) is 0.840. The Morgan fingerprint density at radius 2 is 2.28 bits per heavy atom. The summed E-state index contributed by atoms with van der Waals surface area (Å²) in [5, 5.41) is 8.12. The number of nitrogens with zero attached hydrogens (tertiary/aromatic N) is 3. The van der Waals surface area contributed by atoms with Gasteiger partial charge in [-0.2, -0.15) is 5.10 Å². The van der Waals surface area contributed by atoms with Crippen LogP contribution in [0.1, 0.15) is 25.5 Å². The number of ether oxygens (including phenoxy) is 1. The van der Waals surface area contributed by atoms with Crippen LogP contribution in [0.3, 0.4) is 0 Å². The average molecular weight is 250 g/mol. The first-order chi connectivity index (χ1) is 8.65. The number of aryl methyl sites for hydroxylation is 1. The third kappa shape index (κ3) is 2.01. The predicted molar refractivity (Wildman–Crippen MR) is 71.0 cm³/mol. The first kappa shape index (κ1) is 12.0. The molecule has 18 heavy (non-hydrogen) atoms. The molecule has 0 bridgehead atoms. The Balaban J connectivity index is 1.79. The molecule has 2 aliphatic rings. The van der Waals surface area contributed by atoms with Crippen molar-refractivity contribution >= 4 is 5.82 Å². The second-order valence-corrected chi connectivity index (χ2v) is 5.58. The predicted octanol–water partition coefficient (Wildman–Crippen LogP) is 0.720. The summed E-state index contributed by atoms with van der Waals surface area (Å²) in [7, 11) is 2.03. The lowest BCUT2D eigenvalue weighted by Crippen LogP contribution is -2.47. The van der Waals surface area contributed by atoms with E-state index in [4.69, 9.17) is 4.74 Å². The van der Waals surface area contributed by atoms with Gasteiger partial charge in [-0.25, -0.2) is 0 Å². The fourth-order valence-corrected chi connectivity index (χ4v) is 2.84. The van der Waals surface area contributed by atoms with Gasteiger partial charge in [0.2, 0.25) is 0 Å². The topological polar surface area (TPSA) is 42.3 Å². The molecular formula is C13H22N4O. The minimum atomic E-state index is 0.330. The number of fused-ring (bicyclic) bond motifs is 1. The Morgan fingerprint density at radius 1 is 1.44 bits per heavy atom. The molecule has 0 aromatic carbocycles. The van der Waals surface area contributed by atoms with Gasteiger partial charge in [0, 0.05) is 32.7 Å². The second-order valence-electron chi connectivity index (χ2n) is 5.58. The van der Waals surface area contributed by atoms with Gasteiger partial charge in [-0.15, -0.1) is 0 Å². The molecule has 3 rings (SSSR count). The molecule has 3 heterocycles. The van der Waals surface area contributed by atoms with E-state index in [0.29, 0.717) is 18.1 Å². The van der Waals surface area contributed by atoms with E-state index in [2.05, 4.69) is 35.2 Å². The van der Waals surface area contributed by atoms with Crippen molar-refractivity contribution in [2.24, 2.45) is 7.05 Å². The zero-order chi connectivity index (χ0) is 12.7. The summed E-state index contributed by atoms with van der Waals surface area (Å²) < 4.78 is 7.81. The third-order valence-corrected chi connectivity index (χ3v) is 3.90. The van der Waals surface area contributed by atoms with Gasteiger partial charge in [0.05, 0.1) is 24.4 Å². The molecule has 0 aliphatic carbocycles. The van der Waals surface area contributed by atoms with Crippen LogP contribution in [-0.4, -0.2) is 48.2 Å². The van der Waals surface area contributed by atoms with Crippen molar-refractivity contribution in [1.82, 2.24) is 15.1 Å². The van der Waals surface area contributed by atoms with Gasteiger partial charge in [0.15, 0.2) is 0 Å². The molecule has 2 fully saturated rings. The highest BCUT2D eigenvalue weighted by Crippen LogP contribution is 2.26. The van der Waals surface area contributed by atoms with Crippen LogP contribution in [0.2, 0.25) is 0 Å². The molecule has 2 atom stereocenters. The summed E-state index contributed by atoms with van der Waals surface area (Å²) >= 11 is 0. The molecule has 2 aliphatic heterocycles. The molecule has 5 nitrogen and oxygen atoms in total. The summed E-state index contributed by atoms with van der Waals surface area (Å²) in [6.07, 6.45) is 0.330. The summed E-state index contributed by atoms with van der Waals surface area (Å²) in [6, 6.07) is 2.68. The van der Waals surface area contributed by atoms with E-state index in [0.717, 1.165) is 31.9 Å². The van der Waals surface area contributed by atoms with Crippen LogP contribution >= 0.6 is 0 Å². The van der Waals surface area contributed by atoms with Gasteiger partial charge in [0.1, 0.15) is 5.82 Å². The van der Waals surface area contributed by atoms with Gasteiger partial charge >= 0.3 is 0 Å². The van der Waals surface area contributed by atoms with E-state index in [1.54, 1.807) is 0 Å². The largest absolute Gasteiger partial charge is 0.373 e. The normalized spacial score (nSPS) is 27.9. The zero-order valence-electron chi connectivity index (χ0n) is 11.4.